The van der Waals surface area contributed by atoms with Crippen LogP contribution < -0.4 is 15.4 Å². The van der Waals surface area contributed by atoms with Crippen LogP contribution in [0.25, 0.3) is 0 Å². The topological polar surface area (TPSA) is 88.6 Å². The summed E-state index contributed by atoms with van der Waals surface area (Å²) in [6.45, 7) is 8.58. The summed E-state index contributed by atoms with van der Waals surface area (Å²) >= 11 is 0. The maximum atomic E-state index is 14.2. The molecule has 0 aliphatic carbocycles. The van der Waals surface area contributed by atoms with E-state index in [4.69, 9.17) is 9.47 Å². The summed E-state index contributed by atoms with van der Waals surface area (Å²) in [6, 6.07) is 3.73. The zero-order valence-electron chi connectivity index (χ0n) is 20.2. The van der Waals surface area contributed by atoms with Crippen LogP contribution in [0.4, 0.5) is 25.1 Å². The van der Waals surface area contributed by atoms with Crippen LogP contribution in [0.5, 0.6) is 5.75 Å². The lowest BCUT2D eigenvalue weighted by molar-refractivity contribution is 0.0184. The molecule has 3 rings (SSSR count). The highest BCUT2D eigenvalue weighted by atomic mass is 19.1. The molecule has 0 radical (unpaired) electrons. The van der Waals surface area contributed by atoms with Crippen molar-refractivity contribution in [3.8, 4) is 5.75 Å². The molecule has 1 saturated heterocycles. The Morgan fingerprint density at radius 1 is 1.15 bits per heavy atom. The van der Waals surface area contributed by atoms with Crippen molar-refractivity contribution >= 4 is 17.6 Å². The third-order valence-electron chi connectivity index (χ3n) is 5.49. The van der Waals surface area contributed by atoms with Crippen LogP contribution in [-0.2, 0) is 11.2 Å². The van der Waals surface area contributed by atoms with Gasteiger partial charge in [0.1, 0.15) is 17.7 Å². The summed E-state index contributed by atoms with van der Waals surface area (Å²) in [5.41, 5.74) is 0.267. The molecule has 2 N–H and O–H groups in total. The zero-order chi connectivity index (χ0) is 24.7. The van der Waals surface area contributed by atoms with E-state index in [1.54, 1.807) is 11.0 Å². The van der Waals surface area contributed by atoms with Crippen molar-refractivity contribution in [3.63, 3.8) is 0 Å². The molecule has 1 aliphatic rings. The Kier molecular flexibility index (Phi) is 8.60. The molecule has 0 bridgehead atoms. The van der Waals surface area contributed by atoms with Gasteiger partial charge < -0.3 is 25.0 Å². The second kappa shape index (κ2) is 11.4. The molecule has 186 valence electrons. The van der Waals surface area contributed by atoms with Gasteiger partial charge in [-0.1, -0.05) is 0 Å². The average Bonchev–Trinajstić information content (AvgIpc) is 2.78. The van der Waals surface area contributed by atoms with Gasteiger partial charge in [-0.2, -0.15) is 0 Å². The molecule has 0 saturated carbocycles. The van der Waals surface area contributed by atoms with Crippen LogP contribution in [0.15, 0.2) is 24.5 Å². The number of hydrogen-bond acceptors (Lipinski definition) is 7. The van der Waals surface area contributed by atoms with Gasteiger partial charge in [-0.3, -0.25) is 0 Å². The van der Waals surface area contributed by atoms with Gasteiger partial charge in [-0.15, -0.1) is 0 Å². The number of nitrogens with zero attached hydrogens (tertiary/aromatic N) is 3. The lowest BCUT2D eigenvalue weighted by Crippen LogP contribution is -2.43. The Hall–Kier alpha value is -3.01. The van der Waals surface area contributed by atoms with Crippen LogP contribution in [0.3, 0.4) is 0 Å². The third kappa shape index (κ3) is 7.51. The Balaban J connectivity index is 1.42. The summed E-state index contributed by atoms with van der Waals surface area (Å²) in [5.74, 6) is -0.593. The first-order valence-corrected chi connectivity index (χ1v) is 11.4. The minimum Gasteiger partial charge on any atom is -0.494 e. The molecule has 1 aromatic heterocycles. The van der Waals surface area contributed by atoms with E-state index in [0.29, 0.717) is 37.8 Å². The van der Waals surface area contributed by atoms with Crippen molar-refractivity contribution in [3.05, 3.63) is 41.9 Å². The smallest absolute Gasteiger partial charge is 0.410 e. The number of carbonyl (C=O) groups is 1. The SMILES string of the molecule is COc1cc(F)c(Nc2cc(CCNCC3CCN(C(=O)OC(C)(C)C)CC3)ncn2)cc1F. The number of piperidine rings is 1. The average molecular weight is 478 g/mol. The molecule has 0 spiro atoms. The second-order valence-electron chi connectivity index (χ2n) is 9.35. The van der Waals surface area contributed by atoms with E-state index in [1.165, 1.54) is 13.4 Å². The predicted octanol–water partition coefficient (Wildman–Crippen LogP) is 4.29. The van der Waals surface area contributed by atoms with Crippen molar-refractivity contribution in [2.24, 2.45) is 5.92 Å². The number of likely N-dealkylation sites (tertiary alicyclic amines) is 1. The van der Waals surface area contributed by atoms with Gasteiger partial charge in [0.2, 0.25) is 0 Å². The van der Waals surface area contributed by atoms with Crippen molar-refractivity contribution in [1.29, 1.82) is 0 Å². The van der Waals surface area contributed by atoms with Crippen LogP contribution in [0.1, 0.15) is 39.3 Å². The van der Waals surface area contributed by atoms with Crippen molar-refractivity contribution in [2.75, 3.05) is 38.6 Å². The maximum Gasteiger partial charge on any atom is 0.410 e. The lowest BCUT2D eigenvalue weighted by atomic mass is 9.97. The van der Waals surface area contributed by atoms with Crippen LogP contribution in [-0.4, -0.2) is 59.9 Å². The van der Waals surface area contributed by atoms with Crippen molar-refractivity contribution in [1.82, 2.24) is 20.2 Å². The predicted molar refractivity (Wildman–Crippen MR) is 125 cm³/mol. The number of benzene rings is 1. The number of ether oxygens (including phenoxy) is 2. The quantitative estimate of drug-likeness (QED) is 0.549. The maximum absolute atomic E-state index is 14.2. The van der Waals surface area contributed by atoms with Crippen LogP contribution >= 0.6 is 0 Å². The molecule has 2 aromatic rings. The first kappa shape index (κ1) is 25.6. The Labute approximate surface area is 199 Å². The Morgan fingerprint density at radius 2 is 1.88 bits per heavy atom. The van der Waals surface area contributed by atoms with E-state index < -0.39 is 17.2 Å². The van der Waals surface area contributed by atoms with E-state index in [2.05, 4.69) is 20.6 Å². The van der Waals surface area contributed by atoms with Gasteiger partial charge in [0.05, 0.1) is 12.8 Å². The molecule has 34 heavy (non-hydrogen) atoms. The lowest BCUT2D eigenvalue weighted by Gasteiger charge is -2.33. The summed E-state index contributed by atoms with van der Waals surface area (Å²) in [4.78, 5) is 22.3. The van der Waals surface area contributed by atoms with Crippen LogP contribution in [0.2, 0.25) is 0 Å². The molecule has 1 fully saturated rings. The minimum absolute atomic E-state index is 0.0289. The van der Waals surface area contributed by atoms with E-state index in [1.807, 2.05) is 20.8 Å². The highest BCUT2D eigenvalue weighted by Crippen LogP contribution is 2.26. The molecule has 1 aliphatic heterocycles. The Bertz CT molecular complexity index is 976. The number of hydrogen-bond donors (Lipinski definition) is 2. The molecular weight excluding hydrogens is 444 g/mol. The van der Waals surface area contributed by atoms with E-state index in [9.17, 15) is 13.6 Å². The fourth-order valence-corrected chi connectivity index (χ4v) is 3.69. The molecule has 10 heteroatoms. The van der Waals surface area contributed by atoms with Gasteiger partial charge in [-0.05, 0) is 46.1 Å². The molecule has 1 amide bonds. The highest BCUT2D eigenvalue weighted by molar-refractivity contribution is 5.68. The van der Waals surface area contributed by atoms with Crippen molar-refractivity contribution < 1.29 is 23.0 Å². The third-order valence-corrected chi connectivity index (χ3v) is 5.49. The summed E-state index contributed by atoms with van der Waals surface area (Å²) < 4.78 is 38.3. The highest BCUT2D eigenvalue weighted by Gasteiger charge is 2.26. The molecular formula is C24H33F2N5O3. The fourth-order valence-electron chi connectivity index (χ4n) is 3.69. The molecule has 8 nitrogen and oxygen atoms in total. The number of halogens is 2. The fraction of sp³-hybridized carbons (Fsp3) is 0.542. The normalized spacial score (nSPS) is 14.7. The monoisotopic (exact) mass is 477 g/mol. The number of aromatic nitrogens is 2. The first-order valence-electron chi connectivity index (χ1n) is 11.4. The van der Waals surface area contributed by atoms with E-state index in [-0.39, 0.29) is 17.5 Å². The molecule has 1 aromatic carbocycles. The molecule has 0 atom stereocenters. The summed E-state index contributed by atoms with van der Waals surface area (Å²) in [6.07, 6.45) is 3.66. The summed E-state index contributed by atoms with van der Waals surface area (Å²) in [7, 11) is 1.28. The first-order chi connectivity index (χ1) is 16.1. The molecule has 0 unspecified atom stereocenters. The van der Waals surface area contributed by atoms with Gasteiger partial charge in [0.25, 0.3) is 0 Å². The number of methoxy groups -OCH3 is 1. The van der Waals surface area contributed by atoms with E-state index in [0.717, 1.165) is 37.2 Å². The van der Waals surface area contributed by atoms with Crippen molar-refractivity contribution in [2.45, 2.75) is 45.6 Å². The number of carbonyl (C=O) groups excluding carboxylic acids is 1. The van der Waals surface area contributed by atoms with Gasteiger partial charge in [0.15, 0.2) is 17.4 Å². The number of rotatable bonds is 8. The van der Waals surface area contributed by atoms with Gasteiger partial charge in [0, 0.05) is 49.9 Å². The van der Waals surface area contributed by atoms with Gasteiger partial charge >= 0.3 is 6.09 Å². The number of nitrogens with one attached hydrogen (secondary N) is 2. The second-order valence-corrected chi connectivity index (χ2v) is 9.35. The van der Waals surface area contributed by atoms with Gasteiger partial charge in [-0.25, -0.2) is 23.5 Å². The molecule has 2 heterocycles. The number of anilines is 2. The standard InChI is InChI=1S/C24H33F2N5O3/c1-24(2,3)34-23(32)31-9-6-16(7-10-31)14-27-8-5-17-11-22(29-15-28-17)30-20-12-19(26)21(33-4)13-18(20)25/h11-13,15-16,27H,5-10,14H2,1-4H3,(H,28,29,30). The van der Waals surface area contributed by atoms with Crippen LogP contribution in [0, 0.1) is 17.6 Å². The minimum atomic E-state index is -0.665. The zero-order valence-corrected chi connectivity index (χ0v) is 20.2. The largest absolute Gasteiger partial charge is 0.494 e. The number of amides is 1. The Morgan fingerprint density at radius 3 is 2.56 bits per heavy atom. The van der Waals surface area contributed by atoms with E-state index >= 15 is 0 Å². The summed E-state index contributed by atoms with van der Waals surface area (Å²) in [5, 5.41) is 6.23.